The molecule has 1 N–H and O–H groups in total. The number of phenolic OH excluding ortho intramolecular Hbond substituents is 1. The molecule has 0 atom stereocenters. The van der Waals surface area contributed by atoms with Crippen LogP contribution in [0.25, 0.3) is 6.08 Å². The lowest BCUT2D eigenvalue weighted by molar-refractivity contribution is -0.123. The monoisotopic (exact) mass is 429 g/mol. The lowest BCUT2D eigenvalue weighted by Gasteiger charge is -2.25. The summed E-state index contributed by atoms with van der Waals surface area (Å²) < 4.78 is 0.447. The van der Waals surface area contributed by atoms with Crippen molar-refractivity contribution in [2.45, 2.75) is 32.1 Å². The van der Waals surface area contributed by atoms with Crippen LogP contribution in [0, 0.1) is 5.92 Å². The van der Waals surface area contributed by atoms with Gasteiger partial charge in [0.1, 0.15) is 5.75 Å². The van der Waals surface area contributed by atoms with Gasteiger partial charge in [0.25, 0.3) is 11.1 Å². The Morgan fingerprint density at radius 1 is 1.29 bits per heavy atom. The van der Waals surface area contributed by atoms with E-state index in [9.17, 15) is 14.7 Å². The fourth-order valence-electron chi connectivity index (χ4n) is 3.12. The molecule has 2 amide bonds. The van der Waals surface area contributed by atoms with Gasteiger partial charge >= 0.3 is 0 Å². The van der Waals surface area contributed by atoms with Gasteiger partial charge in [0.2, 0.25) is 0 Å². The maximum Gasteiger partial charge on any atom is 0.293 e. The van der Waals surface area contributed by atoms with Gasteiger partial charge in [-0.1, -0.05) is 30.9 Å². The number of nitrogens with zero attached hydrogens (tertiary/aromatic N) is 1. The van der Waals surface area contributed by atoms with E-state index >= 15 is 0 Å². The Hall–Kier alpha value is -0.980. The molecule has 1 saturated carbocycles. The molecular weight excluding hydrogens is 414 g/mol. The van der Waals surface area contributed by atoms with E-state index in [2.05, 4.69) is 15.9 Å². The minimum Gasteiger partial charge on any atom is -0.506 e. The fraction of sp³-hybridized carbons (Fsp3) is 0.412. The maximum atomic E-state index is 12.6. The van der Waals surface area contributed by atoms with Crippen molar-refractivity contribution >= 4 is 56.5 Å². The van der Waals surface area contributed by atoms with Crippen molar-refractivity contribution in [1.29, 1.82) is 0 Å². The summed E-state index contributed by atoms with van der Waals surface area (Å²) in [7, 11) is 0. The number of hydrogen-bond donors (Lipinski definition) is 1. The van der Waals surface area contributed by atoms with E-state index in [1.165, 1.54) is 30.2 Å². The molecular formula is C17H17BrClNO3S. The van der Waals surface area contributed by atoms with E-state index in [4.69, 9.17) is 11.6 Å². The van der Waals surface area contributed by atoms with E-state index in [1.807, 2.05) is 0 Å². The van der Waals surface area contributed by atoms with Crippen molar-refractivity contribution in [2.75, 3.05) is 6.54 Å². The zero-order valence-electron chi connectivity index (χ0n) is 12.9. The van der Waals surface area contributed by atoms with Crippen molar-refractivity contribution in [3.63, 3.8) is 0 Å². The zero-order chi connectivity index (χ0) is 17.3. The molecule has 1 aromatic carbocycles. The number of hydrogen-bond acceptors (Lipinski definition) is 4. The highest BCUT2D eigenvalue weighted by Gasteiger charge is 2.36. The Morgan fingerprint density at radius 2 is 2.00 bits per heavy atom. The number of phenols is 1. The van der Waals surface area contributed by atoms with E-state index in [0.717, 1.165) is 24.6 Å². The molecule has 0 aromatic heterocycles. The van der Waals surface area contributed by atoms with Gasteiger partial charge in [0.15, 0.2) is 0 Å². The number of amides is 2. The zero-order valence-corrected chi connectivity index (χ0v) is 16.1. The third-order valence-electron chi connectivity index (χ3n) is 4.38. The summed E-state index contributed by atoms with van der Waals surface area (Å²) in [6, 6.07) is 3.14. The molecule has 1 saturated heterocycles. The van der Waals surface area contributed by atoms with Crippen molar-refractivity contribution in [2.24, 2.45) is 5.92 Å². The molecule has 7 heteroatoms. The topological polar surface area (TPSA) is 57.6 Å². The van der Waals surface area contributed by atoms with Gasteiger partial charge in [-0.25, -0.2) is 0 Å². The van der Waals surface area contributed by atoms with Gasteiger partial charge in [-0.2, -0.15) is 0 Å². The van der Waals surface area contributed by atoms with Crippen LogP contribution in [-0.4, -0.2) is 27.7 Å². The van der Waals surface area contributed by atoms with Gasteiger partial charge in [0.05, 0.1) is 9.38 Å². The molecule has 0 bridgehead atoms. The van der Waals surface area contributed by atoms with Crippen LogP contribution in [0.5, 0.6) is 5.75 Å². The van der Waals surface area contributed by atoms with Crippen LogP contribution in [0.3, 0.4) is 0 Å². The van der Waals surface area contributed by atoms with Gasteiger partial charge in [-0.15, -0.1) is 0 Å². The molecule has 1 heterocycles. The number of imide groups is 1. The van der Waals surface area contributed by atoms with Gasteiger partial charge < -0.3 is 5.11 Å². The lowest BCUT2D eigenvalue weighted by Crippen LogP contribution is -2.34. The van der Waals surface area contributed by atoms with Crippen LogP contribution in [0.4, 0.5) is 4.79 Å². The summed E-state index contributed by atoms with van der Waals surface area (Å²) in [5.74, 6) is 0.116. The molecule has 1 aliphatic heterocycles. The van der Waals surface area contributed by atoms with Crippen LogP contribution >= 0.6 is 39.3 Å². The second-order valence-corrected chi connectivity index (χ2v) is 8.41. The average Bonchev–Trinajstić information content (AvgIpc) is 2.81. The van der Waals surface area contributed by atoms with Crippen LogP contribution in [0.15, 0.2) is 21.5 Å². The Morgan fingerprint density at radius 3 is 2.71 bits per heavy atom. The smallest absolute Gasteiger partial charge is 0.293 e. The van der Waals surface area contributed by atoms with Gasteiger partial charge in [-0.05, 0) is 64.7 Å². The Bertz CT molecular complexity index is 716. The molecule has 2 aliphatic rings. The van der Waals surface area contributed by atoms with Gasteiger partial charge in [-0.3, -0.25) is 14.5 Å². The maximum absolute atomic E-state index is 12.6. The van der Waals surface area contributed by atoms with E-state index in [-0.39, 0.29) is 16.9 Å². The fourth-order valence-corrected chi connectivity index (χ4v) is 4.80. The quantitative estimate of drug-likeness (QED) is 0.650. The highest BCUT2D eigenvalue weighted by molar-refractivity contribution is 9.10. The van der Waals surface area contributed by atoms with Crippen LogP contribution in [-0.2, 0) is 4.79 Å². The molecule has 1 aromatic rings. The van der Waals surface area contributed by atoms with E-state index in [1.54, 1.807) is 12.1 Å². The highest BCUT2D eigenvalue weighted by atomic mass is 79.9. The van der Waals surface area contributed by atoms with E-state index in [0.29, 0.717) is 32.4 Å². The second kappa shape index (κ2) is 7.50. The normalized spacial score (nSPS) is 21.1. The number of benzene rings is 1. The van der Waals surface area contributed by atoms with Crippen molar-refractivity contribution < 1.29 is 14.7 Å². The number of carbonyl (C=O) groups excluding carboxylic acids is 2. The summed E-state index contributed by atoms with van der Waals surface area (Å²) in [5, 5.41) is 10.3. The Labute approximate surface area is 158 Å². The third kappa shape index (κ3) is 3.81. The number of halogens is 2. The minimum atomic E-state index is -0.286. The molecule has 24 heavy (non-hydrogen) atoms. The van der Waals surface area contributed by atoms with Crippen molar-refractivity contribution in [1.82, 2.24) is 4.90 Å². The minimum absolute atomic E-state index is 0.00141. The van der Waals surface area contributed by atoms with Crippen molar-refractivity contribution in [3.8, 4) is 5.75 Å². The van der Waals surface area contributed by atoms with E-state index < -0.39 is 0 Å². The van der Waals surface area contributed by atoms with Gasteiger partial charge in [0, 0.05) is 17.1 Å². The van der Waals surface area contributed by atoms with Crippen LogP contribution in [0.1, 0.15) is 37.7 Å². The highest BCUT2D eigenvalue weighted by Crippen LogP contribution is 2.38. The molecule has 4 nitrogen and oxygen atoms in total. The first-order chi connectivity index (χ1) is 11.5. The predicted molar refractivity (Wildman–Crippen MR) is 100 cm³/mol. The number of aromatic hydroxyl groups is 1. The molecule has 1 aliphatic carbocycles. The summed E-state index contributed by atoms with van der Waals surface area (Å²) in [4.78, 5) is 26.4. The lowest BCUT2D eigenvalue weighted by atomic mass is 9.89. The average molecular weight is 431 g/mol. The molecule has 2 fully saturated rings. The molecule has 3 rings (SSSR count). The number of rotatable bonds is 3. The SMILES string of the molecule is O=C1S/C(=C/c2cc(Cl)cc(Br)c2O)C(=O)N1CC1CCCCC1. The molecule has 0 unspecified atom stereocenters. The summed E-state index contributed by atoms with van der Waals surface area (Å²) in [6.07, 6.45) is 7.24. The summed E-state index contributed by atoms with van der Waals surface area (Å²) in [6.45, 7) is 0.493. The summed E-state index contributed by atoms with van der Waals surface area (Å²) >= 11 is 10.1. The van der Waals surface area contributed by atoms with Crippen LogP contribution < -0.4 is 0 Å². The third-order valence-corrected chi connectivity index (χ3v) is 6.11. The molecule has 128 valence electrons. The second-order valence-electron chi connectivity index (χ2n) is 6.12. The molecule has 0 spiro atoms. The number of carbonyl (C=O) groups is 2. The van der Waals surface area contributed by atoms with Crippen molar-refractivity contribution in [3.05, 3.63) is 32.1 Å². The number of thioether (sulfide) groups is 1. The molecule has 0 radical (unpaired) electrons. The largest absolute Gasteiger partial charge is 0.506 e. The summed E-state index contributed by atoms with van der Waals surface area (Å²) in [5.41, 5.74) is 0.414. The van der Waals surface area contributed by atoms with Crippen LogP contribution in [0.2, 0.25) is 5.02 Å². The first kappa shape index (κ1) is 17.8. The first-order valence-corrected chi connectivity index (χ1v) is 9.88. The first-order valence-electron chi connectivity index (χ1n) is 7.89. The standard InChI is InChI=1S/C17H17BrClNO3S/c18-13-8-12(19)6-11(15(13)21)7-14-16(22)20(17(23)24-14)9-10-4-2-1-3-5-10/h6-8,10,21H,1-5,9H2/b14-7+. The Kier molecular flexibility index (Phi) is 5.57. The predicted octanol–water partition coefficient (Wildman–Crippen LogP) is 5.42. The Balaban J connectivity index is 1.80.